The van der Waals surface area contributed by atoms with Crippen LogP contribution in [0.1, 0.15) is 51.9 Å². The highest BCUT2D eigenvalue weighted by molar-refractivity contribution is 4.84. The molecule has 3 fully saturated rings. The molecule has 2 heterocycles. The topological polar surface area (TPSA) is 18.5 Å². The molecular formula is C18H35N3. The summed E-state index contributed by atoms with van der Waals surface area (Å²) in [5.41, 5.74) is 0. The zero-order chi connectivity index (χ0) is 14.5. The number of hydrogen-bond donors (Lipinski definition) is 1. The van der Waals surface area contributed by atoms with Gasteiger partial charge in [-0.05, 0) is 63.5 Å². The number of rotatable bonds is 4. The number of piperidine rings is 1. The van der Waals surface area contributed by atoms with E-state index in [1.807, 2.05) is 0 Å². The molecule has 0 aromatic heterocycles. The molecule has 2 aliphatic heterocycles. The highest BCUT2D eigenvalue weighted by atomic mass is 15.3. The minimum Gasteiger partial charge on any atom is -0.317 e. The molecule has 0 aromatic carbocycles. The van der Waals surface area contributed by atoms with E-state index in [4.69, 9.17) is 0 Å². The predicted octanol–water partition coefficient (Wildman–Crippen LogP) is 2.57. The maximum Gasteiger partial charge on any atom is 0.0113 e. The SMILES string of the molecule is CCC1CCC(N2CCN(CC3CCNCC3)CC2)CC1. The second kappa shape index (κ2) is 7.94. The largest absolute Gasteiger partial charge is 0.317 e. The average molecular weight is 293 g/mol. The van der Waals surface area contributed by atoms with Crippen LogP contribution in [-0.4, -0.2) is 61.7 Å². The second-order valence-electron chi connectivity index (χ2n) is 7.61. The Morgan fingerprint density at radius 2 is 1.48 bits per heavy atom. The van der Waals surface area contributed by atoms with E-state index in [1.54, 1.807) is 0 Å². The summed E-state index contributed by atoms with van der Waals surface area (Å²) in [7, 11) is 0. The van der Waals surface area contributed by atoms with Gasteiger partial charge in [-0.2, -0.15) is 0 Å². The molecule has 0 bridgehead atoms. The Morgan fingerprint density at radius 3 is 2.10 bits per heavy atom. The zero-order valence-corrected chi connectivity index (χ0v) is 14.0. The van der Waals surface area contributed by atoms with Crippen LogP contribution in [0.4, 0.5) is 0 Å². The van der Waals surface area contributed by atoms with Gasteiger partial charge in [0, 0.05) is 38.8 Å². The molecule has 1 N–H and O–H groups in total. The number of piperazine rings is 1. The normalized spacial score (nSPS) is 34.1. The highest BCUT2D eigenvalue weighted by Gasteiger charge is 2.28. The van der Waals surface area contributed by atoms with Crippen molar-refractivity contribution in [2.45, 2.75) is 57.9 Å². The van der Waals surface area contributed by atoms with Crippen LogP contribution in [-0.2, 0) is 0 Å². The van der Waals surface area contributed by atoms with E-state index in [1.165, 1.54) is 90.8 Å². The Morgan fingerprint density at radius 1 is 0.810 bits per heavy atom. The van der Waals surface area contributed by atoms with Crippen molar-refractivity contribution >= 4 is 0 Å². The summed E-state index contributed by atoms with van der Waals surface area (Å²) < 4.78 is 0. The number of nitrogens with zero attached hydrogens (tertiary/aromatic N) is 2. The van der Waals surface area contributed by atoms with Crippen LogP contribution in [0.3, 0.4) is 0 Å². The third-order valence-electron chi connectivity index (χ3n) is 6.29. The van der Waals surface area contributed by atoms with Crippen molar-refractivity contribution in [1.82, 2.24) is 15.1 Å². The average Bonchev–Trinajstić information content (AvgIpc) is 2.57. The fraction of sp³-hybridized carbons (Fsp3) is 1.00. The Labute approximate surface area is 131 Å². The van der Waals surface area contributed by atoms with Crippen molar-refractivity contribution < 1.29 is 0 Å². The molecule has 2 saturated heterocycles. The lowest BCUT2D eigenvalue weighted by atomic mass is 9.84. The van der Waals surface area contributed by atoms with Gasteiger partial charge < -0.3 is 10.2 Å². The van der Waals surface area contributed by atoms with Crippen LogP contribution in [0.5, 0.6) is 0 Å². The lowest BCUT2D eigenvalue weighted by molar-refractivity contribution is 0.0606. The molecule has 3 aliphatic rings. The Bertz CT molecular complexity index is 285. The smallest absolute Gasteiger partial charge is 0.0113 e. The third kappa shape index (κ3) is 4.43. The summed E-state index contributed by atoms with van der Waals surface area (Å²) in [5, 5.41) is 3.48. The van der Waals surface area contributed by atoms with Gasteiger partial charge >= 0.3 is 0 Å². The van der Waals surface area contributed by atoms with Crippen LogP contribution in [0.25, 0.3) is 0 Å². The van der Waals surface area contributed by atoms with Gasteiger partial charge in [-0.3, -0.25) is 4.90 Å². The van der Waals surface area contributed by atoms with Gasteiger partial charge in [0.1, 0.15) is 0 Å². The van der Waals surface area contributed by atoms with Crippen LogP contribution in [0.15, 0.2) is 0 Å². The van der Waals surface area contributed by atoms with E-state index < -0.39 is 0 Å². The summed E-state index contributed by atoms with van der Waals surface area (Å²) in [6.45, 7) is 11.5. The second-order valence-corrected chi connectivity index (χ2v) is 7.61. The van der Waals surface area contributed by atoms with E-state index >= 15 is 0 Å². The van der Waals surface area contributed by atoms with E-state index in [0.717, 1.165) is 17.9 Å². The van der Waals surface area contributed by atoms with E-state index in [0.29, 0.717) is 0 Å². The highest BCUT2D eigenvalue weighted by Crippen LogP contribution is 2.30. The zero-order valence-electron chi connectivity index (χ0n) is 14.0. The third-order valence-corrected chi connectivity index (χ3v) is 6.29. The Balaban J connectivity index is 1.37. The van der Waals surface area contributed by atoms with Crippen LogP contribution >= 0.6 is 0 Å². The van der Waals surface area contributed by atoms with Crippen molar-refractivity contribution in [1.29, 1.82) is 0 Å². The van der Waals surface area contributed by atoms with Gasteiger partial charge in [-0.25, -0.2) is 0 Å². The fourth-order valence-corrected chi connectivity index (χ4v) is 4.66. The van der Waals surface area contributed by atoms with Crippen molar-refractivity contribution in [2.24, 2.45) is 11.8 Å². The quantitative estimate of drug-likeness (QED) is 0.859. The van der Waals surface area contributed by atoms with E-state index in [-0.39, 0.29) is 0 Å². The first-order valence-corrected chi connectivity index (χ1v) is 9.52. The van der Waals surface area contributed by atoms with Crippen LogP contribution < -0.4 is 5.32 Å². The molecule has 0 spiro atoms. The molecule has 0 amide bonds. The number of hydrogen-bond acceptors (Lipinski definition) is 3. The van der Waals surface area contributed by atoms with Crippen LogP contribution in [0.2, 0.25) is 0 Å². The van der Waals surface area contributed by atoms with Gasteiger partial charge in [-0.1, -0.05) is 13.3 Å². The maximum atomic E-state index is 3.48. The van der Waals surface area contributed by atoms with Crippen molar-refractivity contribution in [3.8, 4) is 0 Å². The summed E-state index contributed by atoms with van der Waals surface area (Å²) in [6, 6.07) is 0.911. The van der Waals surface area contributed by atoms with Crippen molar-refractivity contribution in [3.63, 3.8) is 0 Å². The molecule has 3 rings (SSSR count). The first kappa shape index (κ1) is 15.8. The van der Waals surface area contributed by atoms with E-state index in [9.17, 15) is 0 Å². The molecule has 1 saturated carbocycles. The van der Waals surface area contributed by atoms with Crippen molar-refractivity contribution in [3.05, 3.63) is 0 Å². The summed E-state index contributed by atoms with van der Waals surface area (Å²) >= 11 is 0. The molecular weight excluding hydrogens is 258 g/mol. The van der Waals surface area contributed by atoms with Crippen LogP contribution in [0, 0.1) is 11.8 Å². The Hall–Kier alpha value is -0.120. The summed E-state index contributed by atoms with van der Waals surface area (Å²) in [6.07, 6.45) is 10.1. The standard InChI is InChI=1S/C18H35N3/c1-2-16-3-5-18(6-4-16)21-13-11-20(12-14-21)15-17-7-9-19-10-8-17/h16-19H,2-15H2,1H3. The van der Waals surface area contributed by atoms with E-state index in [2.05, 4.69) is 22.0 Å². The monoisotopic (exact) mass is 293 g/mol. The molecule has 0 radical (unpaired) electrons. The van der Waals surface area contributed by atoms with Gasteiger partial charge in [0.25, 0.3) is 0 Å². The molecule has 21 heavy (non-hydrogen) atoms. The Kier molecular flexibility index (Phi) is 5.96. The van der Waals surface area contributed by atoms with Gasteiger partial charge in [0.2, 0.25) is 0 Å². The fourth-order valence-electron chi connectivity index (χ4n) is 4.66. The molecule has 0 unspecified atom stereocenters. The first-order valence-electron chi connectivity index (χ1n) is 9.52. The van der Waals surface area contributed by atoms with Gasteiger partial charge in [0.15, 0.2) is 0 Å². The lowest BCUT2D eigenvalue weighted by Crippen LogP contribution is -2.52. The molecule has 3 nitrogen and oxygen atoms in total. The van der Waals surface area contributed by atoms with Crippen molar-refractivity contribution in [2.75, 3.05) is 45.8 Å². The van der Waals surface area contributed by atoms with Gasteiger partial charge in [-0.15, -0.1) is 0 Å². The molecule has 0 atom stereocenters. The maximum absolute atomic E-state index is 3.48. The summed E-state index contributed by atoms with van der Waals surface area (Å²) in [4.78, 5) is 5.55. The summed E-state index contributed by atoms with van der Waals surface area (Å²) in [5.74, 6) is 1.99. The first-order chi connectivity index (χ1) is 10.3. The molecule has 122 valence electrons. The predicted molar refractivity (Wildman–Crippen MR) is 89.6 cm³/mol. The van der Waals surface area contributed by atoms with Gasteiger partial charge in [0.05, 0.1) is 0 Å². The molecule has 0 aromatic rings. The minimum absolute atomic E-state index is 0.911. The minimum atomic E-state index is 0.911. The molecule has 3 heteroatoms. The number of nitrogens with one attached hydrogen (secondary N) is 1. The lowest BCUT2D eigenvalue weighted by Gasteiger charge is -2.43. The molecule has 1 aliphatic carbocycles.